The molecule has 0 bridgehead atoms. The molecule has 2 unspecified atom stereocenters. The van der Waals surface area contributed by atoms with Crippen LogP contribution in [0.4, 0.5) is 13.2 Å². The molecule has 0 amide bonds. The molecule has 3 saturated carbocycles. The number of hydrogen-bond donors (Lipinski definition) is 1. The van der Waals surface area contributed by atoms with Crippen LogP contribution in [0.15, 0.2) is 11.6 Å². The van der Waals surface area contributed by atoms with Gasteiger partial charge in [-0.15, -0.1) is 0 Å². The van der Waals surface area contributed by atoms with Crippen molar-refractivity contribution in [3.63, 3.8) is 0 Å². The molecule has 0 aromatic heterocycles. The fraction of sp³-hybridized carbons (Fsp3) is 0.897. The fourth-order valence-electron chi connectivity index (χ4n) is 9.00. The Bertz CT molecular complexity index is 815. The third-order valence-electron chi connectivity index (χ3n) is 11.4. The molecule has 0 aromatic carbocycles. The number of aliphatic hydroxyl groups is 1. The highest BCUT2D eigenvalue weighted by molar-refractivity contribution is 5.84. The molecule has 3 fully saturated rings. The Balaban J connectivity index is 1.50. The number of hydrogen-bond acceptors (Lipinski definition) is 2. The van der Waals surface area contributed by atoms with E-state index in [1.165, 1.54) is 12.0 Å². The molecule has 0 aliphatic heterocycles. The Morgan fingerprint density at radius 1 is 1.12 bits per heavy atom. The van der Waals surface area contributed by atoms with Gasteiger partial charge in [0.05, 0.1) is 0 Å². The van der Waals surface area contributed by atoms with Gasteiger partial charge in [-0.25, -0.2) is 0 Å². The summed E-state index contributed by atoms with van der Waals surface area (Å²) in [5.74, 6) is 3.08. The van der Waals surface area contributed by atoms with Crippen LogP contribution in [0.2, 0.25) is 0 Å². The van der Waals surface area contributed by atoms with E-state index < -0.39 is 11.8 Å². The molecule has 2 nitrogen and oxygen atoms in total. The van der Waals surface area contributed by atoms with Crippen molar-refractivity contribution < 1.29 is 23.1 Å². The first kappa shape index (κ1) is 26.2. The topological polar surface area (TPSA) is 37.3 Å². The molecule has 0 heterocycles. The zero-order chi connectivity index (χ0) is 25.1. The van der Waals surface area contributed by atoms with Crippen molar-refractivity contribution in [3.05, 3.63) is 11.6 Å². The number of carbonyl (C=O) groups excluding carboxylic acids is 1. The van der Waals surface area contributed by atoms with Gasteiger partial charge in [0.1, 0.15) is 5.78 Å². The summed E-state index contributed by atoms with van der Waals surface area (Å²) < 4.78 is 39.6. The third-order valence-corrected chi connectivity index (χ3v) is 11.4. The van der Waals surface area contributed by atoms with Gasteiger partial charge in [0.2, 0.25) is 0 Å². The van der Waals surface area contributed by atoms with Crippen LogP contribution in [-0.2, 0) is 4.79 Å². The number of rotatable bonds is 5. The zero-order valence-electron chi connectivity index (χ0n) is 21.8. The Hall–Kier alpha value is -0.840. The molecule has 0 aromatic rings. The molecular weight excluding hydrogens is 437 g/mol. The van der Waals surface area contributed by atoms with Crippen LogP contribution >= 0.6 is 0 Å². The van der Waals surface area contributed by atoms with Crippen LogP contribution in [0.25, 0.3) is 0 Å². The maximum absolute atomic E-state index is 13.2. The molecule has 0 saturated heterocycles. The summed E-state index contributed by atoms with van der Waals surface area (Å²) in [5, 5.41) is 9.95. The van der Waals surface area contributed by atoms with Gasteiger partial charge in [0, 0.05) is 12.3 Å². The lowest BCUT2D eigenvalue weighted by Crippen LogP contribution is -2.49. The quantitative estimate of drug-likeness (QED) is 0.405. The Labute approximate surface area is 204 Å². The monoisotopic (exact) mass is 482 g/mol. The van der Waals surface area contributed by atoms with E-state index in [0.717, 1.165) is 51.9 Å². The minimum absolute atomic E-state index is 0.124. The molecule has 1 N–H and O–H groups in total. The standard InChI is InChI=1S/C29H45F3O2/c1-6-19-12-14-26(3)20(17-25(19)33)7-8-21-23-10-9-22(27(23,4)15-13-24(21)26)18(2)11-16-28(5,34)29(30,31)32/h7,18-19,21-24,34H,6,8-17H2,1-5H3/t18-,19?,21+,22-,23+,24+,26+,27-,28?/m1/s1. The SMILES string of the molecule is CCC1CC[C@@]2(C)C(=CC[C@H]3[C@@H]4CC[C@H]([C@H](C)CCC(C)(O)C(F)(F)F)[C@@]4(C)CC[C@@H]32)CC1=O. The van der Waals surface area contributed by atoms with E-state index >= 15 is 0 Å². The highest BCUT2D eigenvalue weighted by Crippen LogP contribution is 2.67. The summed E-state index contributed by atoms with van der Waals surface area (Å²) in [6.07, 6.45) is 7.34. The summed E-state index contributed by atoms with van der Waals surface area (Å²) in [7, 11) is 0. The maximum Gasteiger partial charge on any atom is 0.416 e. The smallest absolute Gasteiger partial charge is 0.381 e. The zero-order valence-corrected chi connectivity index (χ0v) is 21.8. The van der Waals surface area contributed by atoms with Crippen molar-refractivity contribution >= 4 is 5.78 Å². The number of carbonyl (C=O) groups is 1. The lowest BCUT2D eigenvalue weighted by molar-refractivity contribution is -0.256. The molecule has 4 aliphatic rings. The van der Waals surface area contributed by atoms with Gasteiger partial charge in [0.15, 0.2) is 5.60 Å². The lowest BCUT2D eigenvalue weighted by Gasteiger charge is -2.57. The van der Waals surface area contributed by atoms with Gasteiger partial charge in [-0.05, 0) is 112 Å². The fourth-order valence-corrected chi connectivity index (χ4v) is 9.00. The van der Waals surface area contributed by atoms with Gasteiger partial charge in [-0.1, -0.05) is 39.3 Å². The second kappa shape index (κ2) is 8.92. The summed E-state index contributed by atoms with van der Waals surface area (Å²) in [5.41, 5.74) is -0.919. The second-order valence-electron chi connectivity index (χ2n) is 13.1. The Morgan fingerprint density at radius 3 is 2.47 bits per heavy atom. The van der Waals surface area contributed by atoms with E-state index in [1.54, 1.807) is 0 Å². The van der Waals surface area contributed by atoms with Gasteiger partial charge in [0.25, 0.3) is 0 Å². The largest absolute Gasteiger partial charge is 0.416 e. The van der Waals surface area contributed by atoms with Crippen LogP contribution in [0.3, 0.4) is 0 Å². The lowest BCUT2D eigenvalue weighted by atomic mass is 9.48. The molecular formula is C29H45F3O2. The van der Waals surface area contributed by atoms with Gasteiger partial charge in [-0.3, -0.25) is 4.79 Å². The van der Waals surface area contributed by atoms with E-state index in [1.807, 2.05) is 0 Å². The average molecular weight is 483 g/mol. The van der Waals surface area contributed by atoms with Crippen molar-refractivity contribution in [2.75, 3.05) is 0 Å². The number of ketones is 1. The number of Topliss-reactive ketones (excluding diaryl/α,β-unsaturated/α-hetero) is 1. The molecule has 0 radical (unpaired) electrons. The highest BCUT2D eigenvalue weighted by atomic mass is 19.4. The van der Waals surface area contributed by atoms with Gasteiger partial charge < -0.3 is 5.11 Å². The second-order valence-corrected chi connectivity index (χ2v) is 13.1. The van der Waals surface area contributed by atoms with Crippen LogP contribution < -0.4 is 0 Å². The minimum atomic E-state index is -4.58. The van der Waals surface area contributed by atoms with Gasteiger partial charge >= 0.3 is 6.18 Å². The van der Waals surface area contributed by atoms with E-state index in [9.17, 15) is 23.1 Å². The molecule has 4 aliphatic carbocycles. The Kier molecular flexibility index (Phi) is 6.88. The summed E-state index contributed by atoms with van der Waals surface area (Å²) in [4.78, 5) is 12.8. The predicted molar refractivity (Wildman–Crippen MR) is 129 cm³/mol. The summed E-state index contributed by atoms with van der Waals surface area (Å²) in [6.45, 7) is 10.0. The maximum atomic E-state index is 13.2. The highest BCUT2D eigenvalue weighted by Gasteiger charge is 2.59. The molecule has 0 spiro atoms. The molecule has 9 atom stereocenters. The van der Waals surface area contributed by atoms with Crippen LogP contribution in [0.5, 0.6) is 0 Å². The van der Waals surface area contributed by atoms with Crippen LogP contribution in [0, 0.1) is 46.3 Å². The summed E-state index contributed by atoms with van der Waals surface area (Å²) in [6, 6.07) is 0. The molecule has 4 rings (SSSR count). The van der Waals surface area contributed by atoms with E-state index in [4.69, 9.17) is 0 Å². The van der Waals surface area contributed by atoms with Crippen LogP contribution in [-0.4, -0.2) is 22.7 Å². The normalized spacial score (nSPS) is 43.1. The first-order valence-corrected chi connectivity index (χ1v) is 13.8. The number of alkyl halides is 3. The average Bonchev–Trinajstić information content (AvgIpc) is 3.04. The molecule has 34 heavy (non-hydrogen) atoms. The van der Waals surface area contributed by atoms with Crippen LogP contribution in [0.1, 0.15) is 105 Å². The third kappa shape index (κ3) is 4.20. The van der Waals surface area contributed by atoms with Gasteiger partial charge in [-0.2, -0.15) is 13.2 Å². The number of fused-ring (bicyclic) bond motifs is 5. The van der Waals surface area contributed by atoms with Crippen molar-refractivity contribution in [1.29, 1.82) is 0 Å². The number of halogens is 3. The predicted octanol–water partition coefficient (Wildman–Crippen LogP) is 7.89. The minimum Gasteiger partial charge on any atom is -0.381 e. The van der Waals surface area contributed by atoms with Crippen molar-refractivity contribution in [3.8, 4) is 0 Å². The van der Waals surface area contributed by atoms with Crippen molar-refractivity contribution in [1.82, 2.24) is 0 Å². The van der Waals surface area contributed by atoms with Crippen molar-refractivity contribution in [2.24, 2.45) is 46.3 Å². The van der Waals surface area contributed by atoms with E-state index in [-0.39, 0.29) is 29.1 Å². The first-order chi connectivity index (χ1) is 15.7. The van der Waals surface area contributed by atoms with Crippen molar-refractivity contribution in [2.45, 2.75) is 117 Å². The number of allylic oxidation sites excluding steroid dienone is 2. The van der Waals surface area contributed by atoms with E-state index in [2.05, 4.69) is 33.8 Å². The first-order valence-electron chi connectivity index (χ1n) is 13.8. The molecule has 194 valence electrons. The van der Waals surface area contributed by atoms with E-state index in [0.29, 0.717) is 42.3 Å². The summed E-state index contributed by atoms with van der Waals surface area (Å²) >= 11 is 0. The molecule has 5 heteroatoms. The Morgan fingerprint density at radius 2 is 1.82 bits per heavy atom.